The highest BCUT2D eigenvalue weighted by molar-refractivity contribution is 5.83. The van der Waals surface area contributed by atoms with Crippen LogP contribution >= 0.6 is 0 Å². The molecule has 180 valence electrons. The Morgan fingerprint density at radius 2 is 1.82 bits per heavy atom. The maximum atomic E-state index is 13.7. The Labute approximate surface area is 195 Å². The fourth-order valence-electron chi connectivity index (χ4n) is 3.08. The van der Waals surface area contributed by atoms with Gasteiger partial charge in [0.1, 0.15) is 23.3 Å². The Hall–Kier alpha value is -3.86. The van der Waals surface area contributed by atoms with Crippen molar-refractivity contribution in [3.8, 4) is 11.4 Å². The Kier molecular flexibility index (Phi) is 7.57. The van der Waals surface area contributed by atoms with Crippen LogP contribution in [-0.4, -0.2) is 45.4 Å². The molecule has 11 heteroatoms. The van der Waals surface area contributed by atoms with Crippen LogP contribution in [0.1, 0.15) is 26.3 Å². The highest BCUT2D eigenvalue weighted by Gasteiger charge is 2.19. The zero-order valence-corrected chi connectivity index (χ0v) is 19.2. The van der Waals surface area contributed by atoms with Gasteiger partial charge in [0.15, 0.2) is 0 Å². The normalized spacial score (nSPS) is 11.1. The average molecular weight is 472 g/mol. The predicted octanol–water partition coefficient (Wildman–Crippen LogP) is 4.48. The van der Waals surface area contributed by atoms with E-state index >= 15 is 0 Å². The number of anilines is 4. The second-order valence-electron chi connectivity index (χ2n) is 8.05. The second kappa shape index (κ2) is 10.4. The van der Waals surface area contributed by atoms with Crippen LogP contribution in [0.5, 0.6) is 0 Å². The van der Waals surface area contributed by atoms with Crippen LogP contribution in [0.3, 0.4) is 0 Å². The van der Waals surface area contributed by atoms with Crippen molar-refractivity contribution in [1.82, 2.24) is 15.0 Å². The van der Waals surface area contributed by atoms with Crippen LogP contribution in [0.15, 0.2) is 36.4 Å². The molecule has 3 rings (SSSR count). The average Bonchev–Trinajstić information content (AvgIpc) is 2.76. The van der Waals surface area contributed by atoms with Gasteiger partial charge < -0.3 is 20.5 Å². The molecule has 0 fully saturated rings. The molecule has 0 aliphatic carbocycles. The summed E-state index contributed by atoms with van der Waals surface area (Å²) in [5.41, 5.74) is 0.646. The highest BCUT2D eigenvalue weighted by Crippen LogP contribution is 2.30. The van der Waals surface area contributed by atoms with Crippen LogP contribution in [0.2, 0.25) is 0 Å². The van der Waals surface area contributed by atoms with Crippen molar-refractivity contribution in [1.29, 1.82) is 0 Å². The first-order valence-electron chi connectivity index (χ1n) is 10.5. The SMILES string of the molecule is CCc1c(NCC(C)(C)O)nc(Nc2cc(F)cc(F)c2)nc1-c1cccc(NC(=O)OC)n1. The van der Waals surface area contributed by atoms with Crippen LogP contribution < -0.4 is 16.0 Å². The quantitative estimate of drug-likeness (QED) is 0.379. The summed E-state index contributed by atoms with van der Waals surface area (Å²) < 4.78 is 32.0. The number of benzene rings is 1. The van der Waals surface area contributed by atoms with Crippen molar-refractivity contribution in [3.05, 3.63) is 53.6 Å². The van der Waals surface area contributed by atoms with E-state index in [4.69, 9.17) is 0 Å². The van der Waals surface area contributed by atoms with Gasteiger partial charge in [0, 0.05) is 23.9 Å². The molecule has 2 heterocycles. The van der Waals surface area contributed by atoms with Gasteiger partial charge in [-0.25, -0.2) is 23.5 Å². The number of pyridine rings is 1. The Bertz CT molecular complexity index is 1160. The summed E-state index contributed by atoms with van der Waals surface area (Å²) in [6, 6.07) is 7.97. The van der Waals surface area contributed by atoms with E-state index in [2.05, 4.69) is 35.6 Å². The van der Waals surface area contributed by atoms with Gasteiger partial charge in [-0.05, 0) is 44.5 Å². The number of nitrogens with one attached hydrogen (secondary N) is 3. The van der Waals surface area contributed by atoms with E-state index in [1.54, 1.807) is 32.0 Å². The summed E-state index contributed by atoms with van der Waals surface area (Å²) in [5, 5.41) is 18.6. The molecule has 1 amide bonds. The molecular formula is C23H26F2N6O3. The number of aromatic nitrogens is 3. The lowest BCUT2D eigenvalue weighted by Crippen LogP contribution is -2.30. The maximum absolute atomic E-state index is 13.7. The lowest BCUT2D eigenvalue weighted by molar-refractivity contribution is 0.0944. The van der Waals surface area contributed by atoms with Crippen LogP contribution in [-0.2, 0) is 11.2 Å². The molecule has 0 bridgehead atoms. The lowest BCUT2D eigenvalue weighted by atomic mass is 10.1. The minimum atomic E-state index is -1.03. The highest BCUT2D eigenvalue weighted by atomic mass is 19.1. The van der Waals surface area contributed by atoms with E-state index in [9.17, 15) is 18.7 Å². The minimum absolute atomic E-state index is 0.0589. The van der Waals surface area contributed by atoms with Crippen LogP contribution in [0.25, 0.3) is 11.4 Å². The molecule has 0 aliphatic heterocycles. The van der Waals surface area contributed by atoms with Crippen molar-refractivity contribution in [2.75, 3.05) is 29.6 Å². The largest absolute Gasteiger partial charge is 0.453 e. The first kappa shape index (κ1) is 24.8. The Morgan fingerprint density at radius 1 is 1.12 bits per heavy atom. The summed E-state index contributed by atoms with van der Waals surface area (Å²) in [5.74, 6) is -0.781. The van der Waals surface area contributed by atoms with Gasteiger partial charge in [0.2, 0.25) is 5.95 Å². The van der Waals surface area contributed by atoms with Crippen molar-refractivity contribution in [2.24, 2.45) is 0 Å². The molecule has 1 aromatic carbocycles. The van der Waals surface area contributed by atoms with Crippen molar-refractivity contribution in [3.63, 3.8) is 0 Å². The number of amides is 1. The lowest BCUT2D eigenvalue weighted by Gasteiger charge is -2.21. The number of ether oxygens (including phenoxy) is 1. The van der Waals surface area contributed by atoms with E-state index in [1.165, 1.54) is 7.11 Å². The standard InChI is InChI=1S/C23H26F2N6O3/c1-5-16-19(17-7-6-8-18(28-17)29-22(32)34-4)30-21(31-20(16)26-12-23(2,3)33)27-15-10-13(24)9-14(25)11-15/h6-11,33H,5,12H2,1-4H3,(H,28,29,32)(H2,26,27,30,31). The van der Waals surface area contributed by atoms with Gasteiger partial charge in [-0.1, -0.05) is 13.0 Å². The smallest absolute Gasteiger partial charge is 0.412 e. The minimum Gasteiger partial charge on any atom is -0.453 e. The third kappa shape index (κ3) is 6.58. The van der Waals surface area contributed by atoms with Gasteiger partial charge >= 0.3 is 6.09 Å². The molecule has 34 heavy (non-hydrogen) atoms. The first-order valence-corrected chi connectivity index (χ1v) is 10.5. The number of nitrogens with zero attached hydrogens (tertiary/aromatic N) is 3. The van der Waals surface area contributed by atoms with Crippen molar-refractivity contribution < 1.29 is 23.4 Å². The van der Waals surface area contributed by atoms with Gasteiger partial charge in [-0.3, -0.25) is 5.32 Å². The van der Waals surface area contributed by atoms with Gasteiger partial charge in [-0.2, -0.15) is 4.98 Å². The first-order chi connectivity index (χ1) is 16.1. The van der Waals surface area contributed by atoms with E-state index in [-0.39, 0.29) is 24.0 Å². The number of aliphatic hydroxyl groups is 1. The molecule has 0 saturated carbocycles. The Balaban J connectivity index is 2.10. The second-order valence-corrected chi connectivity index (χ2v) is 8.05. The van der Waals surface area contributed by atoms with Gasteiger partial charge in [0.05, 0.1) is 24.1 Å². The van der Waals surface area contributed by atoms with Gasteiger partial charge in [-0.15, -0.1) is 0 Å². The van der Waals surface area contributed by atoms with Gasteiger partial charge in [0.25, 0.3) is 0 Å². The molecule has 0 spiro atoms. The van der Waals surface area contributed by atoms with E-state index in [0.29, 0.717) is 29.2 Å². The van der Waals surface area contributed by atoms with E-state index < -0.39 is 23.3 Å². The van der Waals surface area contributed by atoms with Crippen molar-refractivity contribution >= 4 is 29.4 Å². The molecular weight excluding hydrogens is 446 g/mol. The summed E-state index contributed by atoms with van der Waals surface area (Å²) in [6.45, 7) is 5.38. The summed E-state index contributed by atoms with van der Waals surface area (Å²) in [4.78, 5) is 25.0. The Morgan fingerprint density at radius 3 is 2.44 bits per heavy atom. The molecule has 4 N–H and O–H groups in total. The van der Waals surface area contributed by atoms with Crippen molar-refractivity contribution in [2.45, 2.75) is 32.8 Å². The maximum Gasteiger partial charge on any atom is 0.412 e. The summed E-state index contributed by atoms with van der Waals surface area (Å²) >= 11 is 0. The van der Waals surface area contributed by atoms with Crippen LogP contribution in [0, 0.1) is 11.6 Å². The number of carbonyl (C=O) groups is 1. The zero-order chi connectivity index (χ0) is 24.9. The molecule has 0 atom stereocenters. The van der Waals surface area contributed by atoms with E-state index in [0.717, 1.165) is 18.2 Å². The molecule has 3 aromatic rings. The number of halogens is 2. The molecule has 9 nitrogen and oxygen atoms in total. The number of hydrogen-bond acceptors (Lipinski definition) is 8. The molecule has 0 aliphatic rings. The molecule has 2 aromatic heterocycles. The van der Waals surface area contributed by atoms with Crippen LogP contribution in [0.4, 0.5) is 36.8 Å². The monoisotopic (exact) mass is 472 g/mol. The molecule has 0 saturated heterocycles. The topological polar surface area (TPSA) is 121 Å². The molecule has 0 unspecified atom stereocenters. The third-order valence-corrected chi connectivity index (χ3v) is 4.58. The fraction of sp³-hybridized carbons (Fsp3) is 0.304. The molecule has 0 radical (unpaired) electrons. The third-order valence-electron chi connectivity index (χ3n) is 4.58. The summed E-state index contributed by atoms with van der Waals surface area (Å²) in [6.07, 6.45) is -0.166. The summed E-state index contributed by atoms with van der Waals surface area (Å²) in [7, 11) is 1.24. The van der Waals surface area contributed by atoms with E-state index in [1.807, 2.05) is 6.92 Å². The number of hydrogen-bond donors (Lipinski definition) is 4. The zero-order valence-electron chi connectivity index (χ0n) is 19.2. The number of carbonyl (C=O) groups excluding carboxylic acids is 1. The number of rotatable bonds is 8. The fourth-order valence-corrected chi connectivity index (χ4v) is 3.08. The number of methoxy groups -OCH3 is 1. The predicted molar refractivity (Wildman–Crippen MR) is 125 cm³/mol.